The maximum absolute atomic E-state index is 5.71. The lowest BCUT2D eigenvalue weighted by molar-refractivity contribution is 0.0342. The maximum Gasteiger partial charge on any atom is 0.131 e. The zero-order valence-corrected chi connectivity index (χ0v) is 13.2. The first-order valence-electron chi connectivity index (χ1n) is 7.41. The number of morpholine rings is 1. The molecule has 0 aromatic carbocycles. The first-order valence-corrected chi connectivity index (χ1v) is 7.41. The van der Waals surface area contributed by atoms with Crippen LogP contribution < -0.4 is 10.2 Å². The Morgan fingerprint density at radius 3 is 2.85 bits per heavy atom. The zero-order valence-electron chi connectivity index (χ0n) is 13.2. The summed E-state index contributed by atoms with van der Waals surface area (Å²) in [6, 6.07) is 0.357. The van der Waals surface area contributed by atoms with E-state index in [0.29, 0.717) is 12.0 Å². The highest BCUT2D eigenvalue weighted by molar-refractivity contribution is 5.50. The summed E-state index contributed by atoms with van der Waals surface area (Å²) in [5.74, 6) is 1.26. The molecule has 2 unspecified atom stereocenters. The van der Waals surface area contributed by atoms with E-state index in [2.05, 4.69) is 42.9 Å². The van der Waals surface area contributed by atoms with E-state index in [1.54, 1.807) is 0 Å². The Labute approximate surface area is 121 Å². The summed E-state index contributed by atoms with van der Waals surface area (Å²) in [4.78, 5) is 11.6. The molecule has 1 aromatic rings. The van der Waals surface area contributed by atoms with E-state index >= 15 is 0 Å². The van der Waals surface area contributed by atoms with Crippen molar-refractivity contribution < 1.29 is 4.74 Å². The van der Waals surface area contributed by atoms with Gasteiger partial charge < -0.3 is 15.0 Å². The van der Waals surface area contributed by atoms with Crippen LogP contribution >= 0.6 is 0 Å². The molecule has 0 saturated carbocycles. The third kappa shape index (κ3) is 3.27. The van der Waals surface area contributed by atoms with Gasteiger partial charge >= 0.3 is 0 Å². The zero-order chi connectivity index (χ0) is 14.7. The monoisotopic (exact) mass is 278 g/mol. The smallest absolute Gasteiger partial charge is 0.131 e. The summed E-state index contributed by atoms with van der Waals surface area (Å²) in [6.07, 6.45) is 2.22. The predicted molar refractivity (Wildman–Crippen MR) is 81.1 cm³/mol. The van der Waals surface area contributed by atoms with Crippen molar-refractivity contribution in [2.45, 2.75) is 52.3 Å². The van der Waals surface area contributed by atoms with Crippen LogP contribution in [0.4, 0.5) is 5.69 Å². The summed E-state index contributed by atoms with van der Waals surface area (Å²) in [6.45, 7) is 10.9. The van der Waals surface area contributed by atoms with Gasteiger partial charge in [-0.1, -0.05) is 13.8 Å². The second kappa shape index (κ2) is 6.50. The van der Waals surface area contributed by atoms with Crippen molar-refractivity contribution in [3.05, 3.63) is 17.7 Å². The minimum atomic E-state index is 0.249. The standard InChI is InChI=1S/C15H26N4O/c1-10(2)15-17-7-14(13(18-15)6-16-5)19-8-12(4)20-9-11(19)3/h7,10-12,16H,6,8-9H2,1-5H3. The van der Waals surface area contributed by atoms with Crippen molar-refractivity contribution in [3.8, 4) is 0 Å². The maximum atomic E-state index is 5.71. The van der Waals surface area contributed by atoms with Crippen molar-refractivity contribution in [2.24, 2.45) is 0 Å². The SMILES string of the molecule is CNCc1nc(C(C)C)ncc1N1CC(C)OCC1C. The van der Waals surface area contributed by atoms with Crippen molar-refractivity contribution in [3.63, 3.8) is 0 Å². The first kappa shape index (κ1) is 15.2. The van der Waals surface area contributed by atoms with Gasteiger partial charge in [-0.3, -0.25) is 0 Å². The van der Waals surface area contributed by atoms with Crippen LogP contribution in [0.5, 0.6) is 0 Å². The Kier molecular flexibility index (Phi) is 4.94. The molecule has 0 radical (unpaired) electrons. The van der Waals surface area contributed by atoms with Crippen LogP contribution in [0.3, 0.4) is 0 Å². The summed E-state index contributed by atoms with van der Waals surface area (Å²) < 4.78 is 5.71. The predicted octanol–water partition coefficient (Wildman–Crippen LogP) is 1.93. The van der Waals surface area contributed by atoms with Crippen LogP contribution in [-0.2, 0) is 11.3 Å². The fraction of sp³-hybridized carbons (Fsp3) is 0.733. The van der Waals surface area contributed by atoms with Gasteiger partial charge in [-0.15, -0.1) is 0 Å². The third-order valence-corrected chi connectivity index (χ3v) is 3.64. The van der Waals surface area contributed by atoms with Crippen LogP contribution in [0.15, 0.2) is 6.20 Å². The number of nitrogens with one attached hydrogen (secondary N) is 1. The summed E-state index contributed by atoms with van der Waals surface area (Å²) in [7, 11) is 1.95. The van der Waals surface area contributed by atoms with E-state index in [0.717, 1.165) is 36.9 Å². The van der Waals surface area contributed by atoms with E-state index in [1.165, 1.54) is 0 Å². The number of hydrogen-bond donors (Lipinski definition) is 1. The van der Waals surface area contributed by atoms with Crippen molar-refractivity contribution in [1.82, 2.24) is 15.3 Å². The summed E-state index contributed by atoms with van der Waals surface area (Å²) >= 11 is 0. The molecule has 0 bridgehead atoms. The molecule has 1 aliphatic heterocycles. The summed E-state index contributed by atoms with van der Waals surface area (Å²) in [5, 5.41) is 3.21. The Morgan fingerprint density at radius 2 is 2.20 bits per heavy atom. The molecule has 1 fully saturated rings. The third-order valence-electron chi connectivity index (χ3n) is 3.64. The minimum absolute atomic E-state index is 0.249. The second-order valence-electron chi connectivity index (χ2n) is 5.89. The number of aromatic nitrogens is 2. The first-order chi connectivity index (χ1) is 9.52. The van der Waals surface area contributed by atoms with Gasteiger partial charge in [0.2, 0.25) is 0 Å². The van der Waals surface area contributed by atoms with E-state index < -0.39 is 0 Å². The highest BCUT2D eigenvalue weighted by atomic mass is 16.5. The Hall–Kier alpha value is -1.20. The normalized spacial score (nSPS) is 23.4. The van der Waals surface area contributed by atoms with Gasteiger partial charge in [-0.25, -0.2) is 9.97 Å². The molecule has 0 amide bonds. The summed E-state index contributed by atoms with van der Waals surface area (Å²) in [5.41, 5.74) is 2.21. The number of anilines is 1. The lowest BCUT2D eigenvalue weighted by atomic mass is 10.1. The molecule has 20 heavy (non-hydrogen) atoms. The van der Waals surface area contributed by atoms with Gasteiger partial charge in [-0.05, 0) is 20.9 Å². The van der Waals surface area contributed by atoms with Gasteiger partial charge in [0.25, 0.3) is 0 Å². The lowest BCUT2D eigenvalue weighted by Gasteiger charge is -2.39. The molecule has 5 nitrogen and oxygen atoms in total. The molecular weight excluding hydrogens is 252 g/mol. The highest BCUT2D eigenvalue weighted by Crippen LogP contribution is 2.25. The topological polar surface area (TPSA) is 50.3 Å². The molecule has 112 valence electrons. The van der Waals surface area contributed by atoms with Gasteiger partial charge in [0.1, 0.15) is 5.82 Å². The highest BCUT2D eigenvalue weighted by Gasteiger charge is 2.26. The van der Waals surface area contributed by atoms with Gasteiger partial charge in [0, 0.05) is 25.0 Å². The Balaban J connectivity index is 2.33. The molecule has 1 saturated heterocycles. The van der Waals surface area contributed by atoms with Gasteiger partial charge in [0.05, 0.1) is 30.3 Å². The number of ether oxygens (including phenoxy) is 1. The molecule has 1 N–H and O–H groups in total. The molecule has 5 heteroatoms. The van der Waals surface area contributed by atoms with E-state index in [4.69, 9.17) is 9.72 Å². The van der Waals surface area contributed by atoms with E-state index in [1.807, 2.05) is 13.2 Å². The Bertz CT molecular complexity index is 449. The van der Waals surface area contributed by atoms with Gasteiger partial charge in [-0.2, -0.15) is 0 Å². The van der Waals surface area contributed by atoms with Crippen molar-refractivity contribution in [1.29, 1.82) is 0 Å². The van der Waals surface area contributed by atoms with Crippen LogP contribution in [0.1, 0.15) is 45.1 Å². The molecule has 2 rings (SSSR count). The van der Waals surface area contributed by atoms with E-state index in [-0.39, 0.29) is 6.10 Å². The quantitative estimate of drug-likeness (QED) is 0.912. The number of hydrogen-bond acceptors (Lipinski definition) is 5. The lowest BCUT2D eigenvalue weighted by Crippen LogP contribution is -2.48. The molecule has 0 aliphatic carbocycles. The average Bonchev–Trinajstić information content (AvgIpc) is 2.42. The van der Waals surface area contributed by atoms with Crippen LogP contribution in [0, 0.1) is 0 Å². The fourth-order valence-electron chi connectivity index (χ4n) is 2.48. The molecule has 1 aliphatic rings. The van der Waals surface area contributed by atoms with Crippen LogP contribution in [-0.4, -0.2) is 42.3 Å². The van der Waals surface area contributed by atoms with Crippen molar-refractivity contribution >= 4 is 5.69 Å². The molecule has 1 aromatic heterocycles. The average molecular weight is 278 g/mol. The number of rotatable bonds is 4. The van der Waals surface area contributed by atoms with Gasteiger partial charge in [0.15, 0.2) is 0 Å². The van der Waals surface area contributed by atoms with Crippen LogP contribution in [0.2, 0.25) is 0 Å². The number of nitrogens with zero attached hydrogens (tertiary/aromatic N) is 3. The minimum Gasteiger partial charge on any atom is -0.375 e. The largest absolute Gasteiger partial charge is 0.375 e. The molecule has 0 spiro atoms. The van der Waals surface area contributed by atoms with E-state index in [9.17, 15) is 0 Å². The van der Waals surface area contributed by atoms with Crippen LogP contribution in [0.25, 0.3) is 0 Å². The molecular formula is C15H26N4O. The second-order valence-corrected chi connectivity index (χ2v) is 5.89. The fourth-order valence-corrected chi connectivity index (χ4v) is 2.48. The van der Waals surface area contributed by atoms with Crippen molar-refractivity contribution in [2.75, 3.05) is 25.1 Å². The molecule has 2 atom stereocenters. The molecule has 2 heterocycles. The Morgan fingerprint density at radius 1 is 1.45 bits per heavy atom.